The van der Waals surface area contributed by atoms with Crippen LogP contribution in [0.1, 0.15) is 18.9 Å². The summed E-state index contributed by atoms with van der Waals surface area (Å²) in [4.78, 5) is 28.8. The van der Waals surface area contributed by atoms with E-state index in [-0.39, 0.29) is 5.43 Å². The standard InChI is InChI=1S/C33H27NO6/c1-2-9-23-18-26-30(39-21-27(32(26)35)22-14-15-28-31(19-22)38-17-16-37-28)20-29(23)40-33(36)34(24-10-5-3-6-11-24)25-12-7-4-8-13-25/h3-8,10-15,18-21H,2,9,16-17H2,1H3. The molecule has 2 heterocycles. The number of para-hydroxylation sites is 2. The molecule has 1 amide bonds. The molecule has 200 valence electrons. The number of carbonyl (C=O) groups is 1. The summed E-state index contributed by atoms with van der Waals surface area (Å²) in [5.41, 5.74) is 3.34. The Morgan fingerprint density at radius 2 is 1.52 bits per heavy atom. The summed E-state index contributed by atoms with van der Waals surface area (Å²) in [6, 6.07) is 27.4. The zero-order chi connectivity index (χ0) is 27.5. The summed E-state index contributed by atoms with van der Waals surface area (Å²) in [6.07, 6.45) is 2.28. The van der Waals surface area contributed by atoms with Crippen LogP contribution in [0.3, 0.4) is 0 Å². The van der Waals surface area contributed by atoms with Gasteiger partial charge < -0.3 is 18.6 Å². The topological polar surface area (TPSA) is 78.2 Å². The molecule has 1 aromatic heterocycles. The highest BCUT2D eigenvalue weighted by Gasteiger charge is 2.23. The summed E-state index contributed by atoms with van der Waals surface area (Å²) in [5, 5.41) is 0.415. The number of fused-ring (bicyclic) bond motifs is 2. The van der Waals surface area contributed by atoms with E-state index >= 15 is 0 Å². The molecule has 40 heavy (non-hydrogen) atoms. The van der Waals surface area contributed by atoms with E-state index in [1.807, 2.05) is 73.7 Å². The number of hydrogen-bond acceptors (Lipinski definition) is 6. The van der Waals surface area contributed by atoms with Gasteiger partial charge in [-0.15, -0.1) is 0 Å². The van der Waals surface area contributed by atoms with E-state index in [2.05, 4.69) is 0 Å². The molecule has 0 atom stereocenters. The number of carbonyl (C=O) groups excluding carboxylic acids is 1. The van der Waals surface area contributed by atoms with Crippen molar-refractivity contribution < 1.29 is 23.4 Å². The SMILES string of the molecule is CCCc1cc2c(=O)c(-c3ccc4c(c3)OCCO4)coc2cc1OC(=O)N(c1ccccc1)c1ccccc1. The van der Waals surface area contributed by atoms with Gasteiger partial charge in [0.15, 0.2) is 11.5 Å². The summed E-state index contributed by atoms with van der Waals surface area (Å²) < 4.78 is 23.2. The van der Waals surface area contributed by atoms with Crippen molar-refractivity contribution in [3.05, 3.63) is 113 Å². The fourth-order valence-corrected chi connectivity index (χ4v) is 4.83. The number of aryl methyl sites for hydroxylation is 1. The van der Waals surface area contributed by atoms with E-state index in [4.69, 9.17) is 18.6 Å². The van der Waals surface area contributed by atoms with Crippen LogP contribution in [-0.4, -0.2) is 19.3 Å². The first-order chi connectivity index (χ1) is 19.6. The van der Waals surface area contributed by atoms with E-state index in [1.165, 1.54) is 11.2 Å². The molecule has 6 rings (SSSR count). The Kier molecular flexibility index (Phi) is 6.93. The van der Waals surface area contributed by atoms with Crippen LogP contribution in [0.4, 0.5) is 16.2 Å². The molecule has 7 nitrogen and oxygen atoms in total. The maximum atomic E-state index is 13.6. The molecule has 0 radical (unpaired) electrons. The van der Waals surface area contributed by atoms with Crippen LogP contribution in [0.5, 0.6) is 17.2 Å². The second-order valence-corrected chi connectivity index (χ2v) is 9.42. The number of rotatable bonds is 6. The molecule has 1 aliphatic rings. The molecule has 7 heteroatoms. The van der Waals surface area contributed by atoms with Crippen LogP contribution in [0.15, 0.2) is 106 Å². The molecule has 1 aliphatic heterocycles. The van der Waals surface area contributed by atoms with Crippen molar-refractivity contribution in [2.45, 2.75) is 19.8 Å². The van der Waals surface area contributed by atoms with E-state index in [0.29, 0.717) is 70.4 Å². The molecular weight excluding hydrogens is 506 g/mol. The average Bonchev–Trinajstić information content (AvgIpc) is 2.99. The van der Waals surface area contributed by atoms with Gasteiger partial charge in [0.1, 0.15) is 30.8 Å². The van der Waals surface area contributed by atoms with E-state index in [1.54, 1.807) is 24.3 Å². The first kappa shape index (κ1) is 25.2. The van der Waals surface area contributed by atoms with Crippen LogP contribution in [0, 0.1) is 0 Å². The van der Waals surface area contributed by atoms with Crippen molar-refractivity contribution in [1.29, 1.82) is 0 Å². The Bertz CT molecular complexity index is 1690. The molecule has 0 bridgehead atoms. The molecule has 4 aromatic carbocycles. The molecule has 0 unspecified atom stereocenters. The van der Waals surface area contributed by atoms with Crippen LogP contribution in [0.2, 0.25) is 0 Å². The second kappa shape index (κ2) is 11.0. The van der Waals surface area contributed by atoms with Crippen LogP contribution >= 0.6 is 0 Å². The summed E-state index contributed by atoms with van der Waals surface area (Å²) in [5.74, 6) is 1.60. The van der Waals surface area contributed by atoms with Gasteiger partial charge in [0.25, 0.3) is 0 Å². The molecule has 5 aromatic rings. The van der Waals surface area contributed by atoms with Crippen LogP contribution < -0.4 is 24.5 Å². The molecule has 0 fully saturated rings. The largest absolute Gasteiger partial charge is 0.486 e. The van der Waals surface area contributed by atoms with E-state index in [9.17, 15) is 9.59 Å². The number of benzene rings is 4. The second-order valence-electron chi connectivity index (χ2n) is 9.42. The van der Waals surface area contributed by atoms with Gasteiger partial charge in [-0.3, -0.25) is 4.79 Å². The van der Waals surface area contributed by atoms with Gasteiger partial charge in [-0.1, -0.05) is 55.8 Å². The van der Waals surface area contributed by atoms with Crippen molar-refractivity contribution in [2.24, 2.45) is 0 Å². The maximum Gasteiger partial charge on any atom is 0.424 e. The highest BCUT2D eigenvalue weighted by atomic mass is 16.6. The molecule has 0 saturated carbocycles. The predicted molar refractivity (Wildman–Crippen MR) is 154 cm³/mol. The minimum Gasteiger partial charge on any atom is -0.486 e. The van der Waals surface area contributed by atoms with Crippen molar-refractivity contribution >= 4 is 28.4 Å². The summed E-state index contributed by atoms with van der Waals surface area (Å²) in [6.45, 7) is 2.98. The lowest BCUT2D eigenvalue weighted by molar-refractivity contribution is 0.171. The Balaban J connectivity index is 1.38. The van der Waals surface area contributed by atoms with Gasteiger partial charge in [-0.2, -0.15) is 0 Å². The van der Waals surface area contributed by atoms with Gasteiger partial charge in [0.05, 0.1) is 22.3 Å². The molecule has 0 spiro atoms. The molecular formula is C33H27NO6. The smallest absolute Gasteiger partial charge is 0.424 e. The van der Waals surface area contributed by atoms with Gasteiger partial charge in [-0.05, 0) is 60.0 Å². The minimum atomic E-state index is -0.565. The predicted octanol–water partition coefficient (Wildman–Crippen LogP) is 7.52. The van der Waals surface area contributed by atoms with Crippen LogP contribution in [0.25, 0.3) is 22.1 Å². The zero-order valence-corrected chi connectivity index (χ0v) is 22.0. The van der Waals surface area contributed by atoms with E-state index < -0.39 is 6.09 Å². The lowest BCUT2D eigenvalue weighted by Gasteiger charge is -2.23. The number of hydrogen-bond donors (Lipinski definition) is 0. The lowest BCUT2D eigenvalue weighted by Crippen LogP contribution is -2.29. The summed E-state index contributed by atoms with van der Waals surface area (Å²) in [7, 11) is 0. The number of amides is 1. The lowest BCUT2D eigenvalue weighted by atomic mass is 10.0. The fraction of sp³-hybridized carbons (Fsp3) is 0.152. The summed E-state index contributed by atoms with van der Waals surface area (Å²) >= 11 is 0. The van der Waals surface area contributed by atoms with Gasteiger partial charge in [-0.25, -0.2) is 9.69 Å². The molecule has 0 saturated heterocycles. The highest BCUT2D eigenvalue weighted by molar-refractivity contribution is 5.97. The molecule has 0 N–H and O–H groups in total. The first-order valence-corrected chi connectivity index (χ1v) is 13.2. The Morgan fingerprint density at radius 3 is 2.20 bits per heavy atom. The zero-order valence-electron chi connectivity index (χ0n) is 22.0. The Labute approximate surface area is 231 Å². The fourth-order valence-electron chi connectivity index (χ4n) is 4.83. The van der Waals surface area contributed by atoms with Crippen molar-refractivity contribution in [1.82, 2.24) is 0 Å². The first-order valence-electron chi connectivity index (χ1n) is 13.2. The minimum absolute atomic E-state index is 0.177. The monoisotopic (exact) mass is 533 g/mol. The van der Waals surface area contributed by atoms with Gasteiger partial charge in [0.2, 0.25) is 5.43 Å². The van der Waals surface area contributed by atoms with Crippen molar-refractivity contribution in [2.75, 3.05) is 18.1 Å². The Morgan fingerprint density at radius 1 is 0.850 bits per heavy atom. The third-order valence-corrected chi connectivity index (χ3v) is 6.74. The third-order valence-electron chi connectivity index (χ3n) is 6.74. The number of anilines is 2. The van der Waals surface area contributed by atoms with Crippen LogP contribution in [-0.2, 0) is 6.42 Å². The van der Waals surface area contributed by atoms with Crippen molar-refractivity contribution in [3.63, 3.8) is 0 Å². The van der Waals surface area contributed by atoms with Gasteiger partial charge >= 0.3 is 6.09 Å². The average molecular weight is 534 g/mol. The quantitative estimate of drug-likeness (QED) is 0.225. The normalized spacial score (nSPS) is 12.2. The third kappa shape index (κ3) is 4.89. The Hall–Kier alpha value is -5.04. The molecule has 0 aliphatic carbocycles. The maximum absolute atomic E-state index is 13.6. The number of nitrogens with zero attached hydrogens (tertiary/aromatic N) is 1. The van der Waals surface area contributed by atoms with Gasteiger partial charge in [0, 0.05) is 6.07 Å². The van der Waals surface area contributed by atoms with E-state index in [0.717, 1.165) is 12.0 Å². The number of ether oxygens (including phenoxy) is 3. The van der Waals surface area contributed by atoms with Crippen molar-refractivity contribution in [3.8, 4) is 28.4 Å². The highest BCUT2D eigenvalue weighted by Crippen LogP contribution is 2.35.